The average molecular weight is 410 g/mol. The number of nitrogens with one attached hydrogen (secondary N) is 2. The van der Waals surface area contributed by atoms with E-state index in [0.29, 0.717) is 31.5 Å². The maximum atomic E-state index is 5.80. The number of hydrogen-bond donors (Lipinski definition) is 2. The highest BCUT2D eigenvalue weighted by Crippen LogP contribution is 2.17. The monoisotopic (exact) mass is 409 g/mol. The van der Waals surface area contributed by atoms with Gasteiger partial charge in [-0.2, -0.15) is 0 Å². The summed E-state index contributed by atoms with van der Waals surface area (Å²) in [6.07, 6.45) is 1.76. The lowest BCUT2D eigenvalue weighted by Crippen LogP contribution is -2.36. The first kappa shape index (κ1) is 20.8. The molecule has 3 rings (SSSR count). The van der Waals surface area contributed by atoms with Crippen molar-refractivity contribution >= 4 is 17.3 Å². The normalized spacial score (nSPS) is 11.5. The second kappa shape index (κ2) is 10.6. The Kier molecular flexibility index (Phi) is 7.58. The molecule has 0 amide bonds. The Morgan fingerprint density at radius 1 is 1.10 bits per heavy atom. The number of pyridine rings is 1. The number of nitrogens with zero attached hydrogens (tertiary/aromatic N) is 3. The second-order valence-corrected chi connectivity index (χ2v) is 7.82. The Balaban J connectivity index is 1.48. The highest BCUT2D eigenvalue weighted by molar-refractivity contribution is 7.09. The zero-order valence-electron chi connectivity index (χ0n) is 17.1. The van der Waals surface area contributed by atoms with Crippen LogP contribution in [0.1, 0.15) is 41.6 Å². The molecule has 0 aliphatic rings. The fourth-order valence-corrected chi connectivity index (χ4v) is 3.50. The van der Waals surface area contributed by atoms with Gasteiger partial charge in [0.2, 0.25) is 5.88 Å². The fourth-order valence-electron chi connectivity index (χ4n) is 2.61. The Morgan fingerprint density at radius 2 is 1.90 bits per heavy atom. The molecule has 0 saturated heterocycles. The molecular formula is C22H27N5OS. The number of benzene rings is 1. The molecule has 0 aliphatic carbocycles. The molecule has 2 heterocycles. The molecule has 6 nitrogen and oxygen atoms in total. The van der Waals surface area contributed by atoms with Crippen LogP contribution in [0.3, 0.4) is 0 Å². The topological polar surface area (TPSA) is 71.4 Å². The molecule has 29 heavy (non-hydrogen) atoms. The van der Waals surface area contributed by atoms with E-state index < -0.39 is 0 Å². The summed E-state index contributed by atoms with van der Waals surface area (Å²) < 4.78 is 5.80. The Hall–Kier alpha value is -2.93. The number of aromatic nitrogens is 2. The molecule has 0 spiro atoms. The van der Waals surface area contributed by atoms with Crippen LogP contribution in [0.5, 0.6) is 5.88 Å². The summed E-state index contributed by atoms with van der Waals surface area (Å²) in [5.74, 6) is 1.79. The largest absolute Gasteiger partial charge is 0.473 e. The van der Waals surface area contributed by atoms with Crippen molar-refractivity contribution in [3.63, 3.8) is 0 Å². The van der Waals surface area contributed by atoms with Gasteiger partial charge in [0.05, 0.1) is 12.2 Å². The van der Waals surface area contributed by atoms with E-state index in [0.717, 1.165) is 27.8 Å². The van der Waals surface area contributed by atoms with Crippen molar-refractivity contribution in [1.82, 2.24) is 20.6 Å². The number of guanidine groups is 1. The molecule has 0 bridgehead atoms. The molecule has 0 unspecified atom stereocenters. The van der Waals surface area contributed by atoms with Crippen LogP contribution < -0.4 is 15.4 Å². The SMILES string of the molecule is CN=C(NCc1ccnc(OCc2ccccc2)c1)NCc1nc(C(C)C)cs1. The van der Waals surface area contributed by atoms with Gasteiger partial charge in [0.15, 0.2) is 5.96 Å². The van der Waals surface area contributed by atoms with Gasteiger partial charge in [-0.1, -0.05) is 44.2 Å². The van der Waals surface area contributed by atoms with Gasteiger partial charge in [-0.15, -0.1) is 11.3 Å². The predicted molar refractivity (Wildman–Crippen MR) is 118 cm³/mol. The van der Waals surface area contributed by atoms with Gasteiger partial charge in [-0.3, -0.25) is 4.99 Å². The van der Waals surface area contributed by atoms with Crippen molar-refractivity contribution in [2.45, 2.75) is 39.5 Å². The second-order valence-electron chi connectivity index (χ2n) is 6.88. The lowest BCUT2D eigenvalue weighted by Gasteiger charge is -2.12. The maximum absolute atomic E-state index is 5.80. The lowest BCUT2D eigenvalue weighted by atomic mass is 10.2. The third kappa shape index (κ3) is 6.57. The molecule has 0 radical (unpaired) electrons. The molecule has 7 heteroatoms. The average Bonchev–Trinajstić information content (AvgIpc) is 3.23. The molecule has 2 N–H and O–H groups in total. The molecule has 0 aliphatic heterocycles. The molecule has 152 valence electrons. The quantitative estimate of drug-likeness (QED) is 0.433. The number of thiazole rings is 1. The summed E-state index contributed by atoms with van der Waals surface area (Å²) in [7, 11) is 1.76. The van der Waals surface area contributed by atoms with Crippen LogP contribution in [0.25, 0.3) is 0 Å². The van der Waals surface area contributed by atoms with E-state index in [4.69, 9.17) is 4.74 Å². The van der Waals surface area contributed by atoms with Gasteiger partial charge in [-0.05, 0) is 23.1 Å². The number of aliphatic imine (C=N–C) groups is 1. The Bertz CT molecular complexity index is 924. The van der Waals surface area contributed by atoms with Gasteiger partial charge >= 0.3 is 0 Å². The summed E-state index contributed by atoms with van der Waals surface area (Å²) in [6, 6.07) is 14.0. The van der Waals surface area contributed by atoms with E-state index in [1.54, 1.807) is 24.6 Å². The van der Waals surface area contributed by atoms with Gasteiger partial charge in [-0.25, -0.2) is 9.97 Å². The maximum Gasteiger partial charge on any atom is 0.213 e. The van der Waals surface area contributed by atoms with E-state index in [2.05, 4.69) is 44.8 Å². The van der Waals surface area contributed by atoms with Crippen LogP contribution in [-0.4, -0.2) is 23.0 Å². The third-order valence-electron chi connectivity index (χ3n) is 4.28. The van der Waals surface area contributed by atoms with Crippen molar-refractivity contribution in [2.75, 3.05) is 7.05 Å². The van der Waals surface area contributed by atoms with Crippen molar-refractivity contribution in [3.8, 4) is 5.88 Å². The molecule has 3 aromatic rings. The van der Waals surface area contributed by atoms with Gasteiger partial charge in [0.25, 0.3) is 0 Å². The predicted octanol–water partition coefficient (Wildman–Crippen LogP) is 4.11. The fraction of sp³-hybridized carbons (Fsp3) is 0.318. The molecule has 0 fully saturated rings. The number of rotatable bonds is 8. The van der Waals surface area contributed by atoms with E-state index in [1.807, 2.05) is 42.5 Å². The van der Waals surface area contributed by atoms with Gasteiger partial charge in [0, 0.05) is 31.2 Å². The minimum atomic E-state index is 0.447. The van der Waals surface area contributed by atoms with Crippen molar-refractivity contribution in [2.24, 2.45) is 4.99 Å². The van der Waals surface area contributed by atoms with E-state index in [-0.39, 0.29) is 0 Å². The van der Waals surface area contributed by atoms with Crippen LogP contribution in [-0.2, 0) is 19.7 Å². The van der Waals surface area contributed by atoms with Crippen LogP contribution in [0.2, 0.25) is 0 Å². The first-order chi connectivity index (χ1) is 14.1. The van der Waals surface area contributed by atoms with Crippen molar-refractivity contribution in [3.05, 3.63) is 75.9 Å². The minimum Gasteiger partial charge on any atom is -0.473 e. The Morgan fingerprint density at radius 3 is 2.62 bits per heavy atom. The van der Waals surface area contributed by atoms with Crippen molar-refractivity contribution < 1.29 is 4.74 Å². The standard InChI is InChI=1S/C22H27N5OS/c1-16(2)19-15-29-21(27-19)13-26-22(23-3)25-12-18-9-10-24-20(11-18)28-14-17-7-5-4-6-8-17/h4-11,15-16H,12-14H2,1-3H3,(H2,23,25,26). The van der Waals surface area contributed by atoms with Gasteiger partial charge < -0.3 is 15.4 Å². The molecular weight excluding hydrogens is 382 g/mol. The third-order valence-corrected chi connectivity index (χ3v) is 5.15. The van der Waals surface area contributed by atoms with Crippen LogP contribution in [0.4, 0.5) is 0 Å². The first-order valence-corrected chi connectivity index (χ1v) is 10.5. The van der Waals surface area contributed by atoms with Crippen LogP contribution >= 0.6 is 11.3 Å². The highest BCUT2D eigenvalue weighted by atomic mass is 32.1. The van der Waals surface area contributed by atoms with E-state index in [1.165, 1.54) is 0 Å². The summed E-state index contributed by atoms with van der Waals surface area (Å²) >= 11 is 1.67. The number of ether oxygens (including phenoxy) is 1. The van der Waals surface area contributed by atoms with E-state index >= 15 is 0 Å². The first-order valence-electron chi connectivity index (χ1n) is 9.64. The summed E-state index contributed by atoms with van der Waals surface area (Å²) in [6.45, 7) is 6.08. The molecule has 0 saturated carbocycles. The molecule has 1 aromatic carbocycles. The zero-order valence-corrected chi connectivity index (χ0v) is 17.9. The van der Waals surface area contributed by atoms with Crippen molar-refractivity contribution in [1.29, 1.82) is 0 Å². The number of hydrogen-bond acceptors (Lipinski definition) is 5. The minimum absolute atomic E-state index is 0.447. The Labute approximate surface area is 176 Å². The zero-order chi connectivity index (χ0) is 20.5. The summed E-state index contributed by atoms with van der Waals surface area (Å²) in [5.41, 5.74) is 3.32. The van der Waals surface area contributed by atoms with Crippen LogP contribution in [0.15, 0.2) is 59.0 Å². The highest BCUT2D eigenvalue weighted by Gasteiger charge is 2.07. The van der Waals surface area contributed by atoms with Crippen LogP contribution in [0, 0.1) is 0 Å². The smallest absolute Gasteiger partial charge is 0.213 e. The summed E-state index contributed by atoms with van der Waals surface area (Å²) in [5, 5.41) is 9.80. The van der Waals surface area contributed by atoms with Gasteiger partial charge in [0.1, 0.15) is 11.6 Å². The lowest BCUT2D eigenvalue weighted by molar-refractivity contribution is 0.293. The molecule has 2 aromatic heterocycles. The van der Waals surface area contributed by atoms with E-state index in [9.17, 15) is 0 Å². The summed E-state index contributed by atoms with van der Waals surface area (Å²) in [4.78, 5) is 13.2. The molecule has 0 atom stereocenters.